The van der Waals surface area contributed by atoms with Crippen molar-refractivity contribution in [1.82, 2.24) is 14.5 Å². The van der Waals surface area contributed by atoms with Gasteiger partial charge < -0.3 is 9.88 Å². The van der Waals surface area contributed by atoms with Crippen LogP contribution in [0.5, 0.6) is 0 Å². The van der Waals surface area contributed by atoms with Crippen LogP contribution in [0.1, 0.15) is 0 Å². The molecular formula is C21H17Cl2N5S. The summed E-state index contributed by atoms with van der Waals surface area (Å²) < 4.78 is 1.70. The zero-order valence-electron chi connectivity index (χ0n) is 15.7. The number of hydrogen-bond acceptors (Lipinski definition) is 5. The van der Waals surface area contributed by atoms with E-state index < -0.39 is 0 Å². The minimum Gasteiger partial charge on any atom is -0.324 e. The molecule has 2 N–H and O–H groups in total. The summed E-state index contributed by atoms with van der Waals surface area (Å²) in [5.41, 5.74) is 3.08. The molecule has 8 heteroatoms. The SMILES string of the molecule is CSc1cccc(Nc2ncc3cc(-c4c(Cl)cccc4Cl)c(=N)n(C)c3n2)c1. The Hall–Kier alpha value is -2.54. The lowest BCUT2D eigenvalue weighted by Crippen LogP contribution is -2.20. The van der Waals surface area contributed by atoms with Crippen molar-refractivity contribution in [2.75, 3.05) is 11.6 Å². The largest absolute Gasteiger partial charge is 0.324 e. The second kappa shape index (κ2) is 8.06. The van der Waals surface area contributed by atoms with E-state index in [-0.39, 0.29) is 5.49 Å². The monoisotopic (exact) mass is 441 g/mol. The van der Waals surface area contributed by atoms with Crippen LogP contribution in [0.4, 0.5) is 11.6 Å². The highest BCUT2D eigenvalue weighted by atomic mass is 35.5. The van der Waals surface area contributed by atoms with E-state index in [1.54, 1.807) is 47.8 Å². The van der Waals surface area contributed by atoms with Crippen LogP contribution in [0.3, 0.4) is 0 Å². The van der Waals surface area contributed by atoms with E-state index in [0.717, 1.165) is 16.0 Å². The smallest absolute Gasteiger partial charge is 0.229 e. The molecule has 0 aliphatic rings. The molecular weight excluding hydrogens is 425 g/mol. The Kier molecular flexibility index (Phi) is 5.50. The maximum atomic E-state index is 8.62. The topological polar surface area (TPSA) is 66.6 Å². The number of anilines is 2. The van der Waals surface area contributed by atoms with E-state index >= 15 is 0 Å². The number of halogens is 2. The first kappa shape index (κ1) is 19.8. The number of benzene rings is 2. The highest BCUT2D eigenvalue weighted by Crippen LogP contribution is 2.33. The number of pyridine rings is 1. The van der Waals surface area contributed by atoms with E-state index in [0.29, 0.717) is 32.8 Å². The van der Waals surface area contributed by atoms with Crippen molar-refractivity contribution in [3.8, 4) is 11.1 Å². The van der Waals surface area contributed by atoms with Crippen LogP contribution in [0, 0.1) is 5.41 Å². The van der Waals surface area contributed by atoms with Gasteiger partial charge in [0.25, 0.3) is 0 Å². The molecule has 2 aromatic heterocycles. The summed E-state index contributed by atoms with van der Waals surface area (Å²) in [6.45, 7) is 0. The average Bonchev–Trinajstić information content (AvgIpc) is 2.72. The Morgan fingerprint density at radius 2 is 1.79 bits per heavy atom. The highest BCUT2D eigenvalue weighted by Gasteiger charge is 2.14. The number of nitrogens with one attached hydrogen (secondary N) is 2. The van der Waals surface area contributed by atoms with E-state index in [4.69, 9.17) is 28.6 Å². The first-order valence-electron chi connectivity index (χ1n) is 8.75. The van der Waals surface area contributed by atoms with Gasteiger partial charge in [0.1, 0.15) is 11.1 Å². The third kappa shape index (κ3) is 3.83. The van der Waals surface area contributed by atoms with Gasteiger partial charge in [-0.1, -0.05) is 35.3 Å². The van der Waals surface area contributed by atoms with E-state index in [1.165, 1.54) is 0 Å². The third-order valence-corrected chi connectivity index (χ3v) is 5.92. The number of rotatable bonds is 4. The lowest BCUT2D eigenvalue weighted by molar-refractivity contribution is 0.843. The molecule has 29 heavy (non-hydrogen) atoms. The summed E-state index contributed by atoms with van der Waals surface area (Å²) in [7, 11) is 1.80. The molecule has 146 valence electrons. The highest BCUT2D eigenvalue weighted by molar-refractivity contribution is 7.98. The molecule has 0 fully saturated rings. The second-order valence-electron chi connectivity index (χ2n) is 6.39. The van der Waals surface area contributed by atoms with Crippen molar-refractivity contribution in [3.05, 3.63) is 70.3 Å². The molecule has 0 atom stereocenters. The molecule has 0 saturated heterocycles. The van der Waals surface area contributed by atoms with Crippen LogP contribution in [-0.4, -0.2) is 20.8 Å². The molecule has 2 aromatic carbocycles. The molecule has 0 spiro atoms. The van der Waals surface area contributed by atoms with Gasteiger partial charge in [-0.05, 0) is 42.7 Å². The lowest BCUT2D eigenvalue weighted by atomic mass is 10.1. The number of fused-ring (bicyclic) bond motifs is 1. The Labute approximate surface area is 182 Å². The Morgan fingerprint density at radius 3 is 2.52 bits per heavy atom. The summed E-state index contributed by atoms with van der Waals surface area (Å²) >= 11 is 14.4. The van der Waals surface area contributed by atoms with Crippen LogP contribution in [-0.2, 0) is 7.05 Å². The van der Waals surface area contributed by atoms with E-state index in [9.17, 15) is 0 Å². The molecule has 0 aliphatic heterocycles. The lowest BCUT2D eigenvalue weighted by Gasteiger charge is -2.13. The number of aromatic nitrogens is 3. The van der Waals surface area contributed by atoms with Crippen LogP contribution >= 0.6 is 35.0 Å². The van der Waals surface area contributed by atoms with E-state index in [1.807, 2.05) is 36.6 Å². The average molecular weight is 442 g/mol. The first-order chi connectivity index (χ1) is 14.0. The van der Waals surface area contributed by atoms with Crippen LogP contribution < -0.4 is 10.8 Å². The standard InChI is InChI=1S/C21H17Cl2N5S/c1-28-19(24)15(18-16(22)7-4-8-17(18)23)9-12-11-25-21(27-20(12)28)26-13-5-3-6-14(10-13)29-2/h3-11,24H,1-2H3,(H,25,26,27). The zero-order valence-corrected chi connectivity index (χ0v) is 18.0. The van der Waals surface area contributed by atoms with Crippen molar-refractivity contribution in [2.24, 2.45) is 7.05 Å². The summed E-state index contributed by atoms with van der Waals surface area (Å²) in [5.74, 6) is 0.467. The number of nitrogens with zero attached hydrogens (tertiary/aromatic N) is 3. The quantitative estimate of drug-likeness (QED) is 0.387. The van der Waals surface area contributed by atoms with Gasteiger partial charge in [0.05, 0.1) is 10.0 Å². The van der Waals surface area contributed by atoms with Gasteiger partial charge in [0.2, 0.25) is 5.95 Å². The molecule has 0 unspecified atom stereocenters. The molecule has 0 aliphatic carbocycles. The first-order valence-corrected chi connectivity index (χ1v) is 10.7. The molecule has 4 rings (SSSR count). The molecule has 0 saturated carbocycles. The van der Waals surface area contributed by atoms with Gasteiger partial charge in [0, 0.05) is 40.3 Å². The Balaban J connectivity index is 1.81. The maximum Gasteiger partial charge on any atom is 0.229 e. The van der Waals surface area contributed by atoms with E-state index in [2.05, 4.69) is 15.3 Å². The summed E-state index contributed by atoms with van der Waals surface area (Å²) in [4.78, 5) is 10.2. The van der Waals surface area contributed by atoms with Crippen molar-refractivity contribution < 1.29 is 0 Å². The molecule has 0 bridgehead atoms. The molecule has 4 aromatic rings. The van der Waals surface area contributed by atoms with Crippen LogP contribution in [0.15, 0.2) is 59.6 Å². The van der Waals surface area contributed by atoms with Crippen molar-refractivity contribution in [2.45, 2.75) is 4.90 Å². The minimum absolute atomic E-state index is 0.265. The van der Waals surface area contributed by atoms with Crippen molar-refractivity contribution in [3.63, 3.8) is 0 Å². The fourth-order valence-electron chi connectivity index (χ4n) is 3.10. The van der Waals surface area contributed by atoms with Crippen molar-refractivity contribution in [1.29, 1.82) is 5.41 Å². The molecule has 0 amide bonds. The van der Waals surface area contributed by atoms with Gasteiger partial charge in [-0.3, -0.25) is 5.41 Å². The van der Waals surface area contributed by atoms with Gasteiger partial charge in [0.15, 0.2) is 0 Å². The minimum atomic E-state index is 0.265. The predicted octanol–water partition coefficient (Wildman–Crippen LogP) is 5.89. The number of thioether (sulfide) groups is 1. The molecule has 5 nitrogen and oxygen atoms in total. The third-order valence-electron chi connectivity index (χ3n) is 4.56. The fourth-order valence-corrected chi connectivity index (χ4v) is 4.16. The van der Waals surface area contributed by atoms with Gasteiger partial charge in [-0.2, -0.15) is 4.98 Å². The number of hydrogen-bond donors (Lipinski definition) is 2. The van der Waals surface area contributed by atoms with Crippen LogP contribution in [0.2, 0.25) is 10.0 Å². The van der Waals surface area contributed by atoms with Crippen molar-refractivity contribution >= 4 is 57.6 Å². The summed E-state index contributed by atoms with van der Waals surface area (Å²) in [6, 6.07) is 15.2. The fraction of sp³-hybridized carbons (Fsp3) is 0.0952. The van der Waals surface area contributed by atoms with Gasteiger partial charge in [-0.25, -0.2) is 4.98 Å². The summed E-state index contributed by atoms with van der Waals surface area (Å²) in [5, 5.41) is 13.6. The normalized spacial score (nSPS) is 11.0. The summed E-state index contributed by atoms with van der Waals surface area (Å²) in [6.07, 6.45) is 3.76. The molecule has 2 heterocycles. The zero-order chi connectivity index (χ0) is 20.5. The number of aryl methyl sites for hydroxylation is 1. The van der Waals surface area contributed by atoms with Crippen LogP contribution in [0.25, 0.3) is 22.2 Å². The Bertz CT molecular complexity index is 1270. The maximum absolute atomic E-state index is 8.62. The van der Waals surface area contributed by atoms with Gasteiger partial charge in [-0.15, -0.1) is 11.8 Å². The second-order valence-corrected chi connectivity index (χ2v) is 8.09. The predicted molar refractivity (Wildman–Crippen MR) is 121 cm³/mol. The molecule has 0 radical (unpaired) electrons. The van der Waals surface area contributed by atoms with Gasteiger partial charge >= 0.3 is 0 Å². The Morgan fingerprint density at radius 1 is 1.07 bits per heavy atom.